The Hall–Kier alpha value is -12.0. The average molecular weight is 1890 g/mol. The van der Waals surface area contributed by atoms with E-state index in [9.17, 15) is 0 Å². The van der Waals surface area contributed by atoms with Gasteiger partial charge in [0.2, 0.25) is 5.89 Å². The summed E-state index contributed by atoms with van der Waals surface area (Å²) in [6, 6.07) is 12.4. The molecule has 21 rings (SSSR count). The van der Waals surface area contributed by atoms with Crippen LogP contribution in [0.2, 0.25) is 0 Å². The second kappa shape index (κ2) is 84.3. The van der Waals surface area contributed by atoms with E-state index < -0.39 is 0 Å². The SMILES string of the molecule is CC1=CC=CC1.CC1C=NN=C1.CC1CCCCN1.CC1CNSC1.CN1CCCCC1.CN1CCNCC1.CN1CCOCC1.Cc1cccnc1.Cc1ccncn1.Cc1ccno1.Cc1ccsc1.Cc1cnc[nH]1.Cc1cnccn1.Cc1cnsn1.Cc1ncc[nH]1.Cc1ncn[nH]1.Cc1ncno1.Cn1cccn1.Cn1ccnc1.Cn1cncn1.Cn1cnnn1. The lowest BCUT2D eigenvalue weighted by molar-refractivity contribution is 0.0503. The molecular weight excluding hydrogens is 1740 g/mol. The topological polar surface area (TPSA) is 444 Å². The van der Waals surface area contributed by atoms with Crippen LogP contribution in [0.15, 0.2) is 234 Å². The van der Waals surface area contributed by atoms with Gasteiger partial charge in [-0.15, -0.1) is 5.10 Å². The first-order chi connectivity index (χ1) is 64.3. The first-order valence-corrected chi connectivity index (χ1v) is 46.4. The van der Waals surface area contributed by atoms with Crippen LogP contribution in [0, 0.1) is 81.1 Å². The Bertz CT molecular complexity index is 3880. The molecule has 728 valence electrons. The van der Waals surface area contributed by atoms with E-state index in [0.29, 0.717) is 11.8 Å². The first kappa shape index (κ1) is 119. The van der Waals surface area contributed by atoms with E-state index >= 15 is 0 Å². The van der Waals surface area contributed by atoms with Gasteiger partial charge in [-0.25, -0.2) is 39.6 Å². The van der Waals surface area contributed by atoms with E-state index in [0.717, 1.165) is 91.5 Å². The molecule has 7 aliphatic rings. The molecule has 0 amide bonds. The minimum Gasteiger partial charge on any atom is -0.379 e. The molecule has 20 heterocycles. The summed E-state index contributed by atoms with van der Waals surface area (Å²) < 4.78 is 31.7. The van der Waals surface area contributed by atoms with Crippen molar-refractivity contribution < 1.29 is 13.8 Å². The van der Waals surface area contributed by atoms with Gasteiger partial charge in [-0.3, -0.25) is 34.1 Å². The minimum atomic E-state index is 0.463. The minimum absolute atomic E-state index is 0.463. The number of nitrogens with one attached hydrogen (secondary N) is 6. The molecule has 42 heteroatoms. The maximum absolute atomic E-state index is 5.10. The zero-order chi connectivity index (χ0) is 97.5. The van der Waals surface area contributed by atoms with Crippen LogP contribution >= 0.6 is 35.0 Å². The van der Waals surface area contributed by atoms with E-state index in [-0.39, 0.29) is 0 Å². The highest BCUT2D eigenvalue weighted by Crippen LogP contribution is 2.11. The number of likely N-dealkylation sites (N-methyl/N-ethyl adjacent to an activating group) is 2. The number of imidazole rings is 3. The highest BCUT2D eigenvalue weighted by molar-refractivity contribution is 7.97. The number of allylic oxidation sites excluding steroid dienone is 4. The molecule has 5 saturated heterocycles. The number of pyridine rings is 1. The Kier molecular flexibility index (Phi) is 75.4. The summed E-state index contributed by atoms with van der Waals surface area (Å²) in [5.74, 6) is 5.94. The molecular formula is C91H148N36O3S3. The lowest BCUT2D eigenvalue weighted by atomic mass is 10.1. The van der Waals surface area contributed by atoms with Crippen molar-refractivity contribution in [3.8, 4) is 0 Å². The summed E-state index contributed by atoms with van der Waals surface area (Å²) in [6.07, 6.45) is 58.4. The monoisotopic (exact) mass is 1890 g/mol. The average Bonchev–Trinajstić information content (AvgIpc) is 1.46. The fourth-order valence-electron chi connectivity index (χ4n) is 9.16. The molecule has 14 aromatic heterocycles. The number of H-pyrrole nitrogens is 3. The summed E-state index contributed by atoms with van der Waals surface area (Å²) in [5.41, 5.74) is 8.12. The highest BCUT2D eigenvalue weighted by Gasteiger charge is 2.08. The van der Waals surface area contributed by atoms with Crippen LogP contribution in [-0.2, 0) is 32.9 Å². The van der Waals surface area contributed by atoms with Gasteiger partial charge in [-0.05, 0) is 212 Å². The molecule has 5 fully saturated rings. The van der Waals surface area contributed by atoms with Gasteiger partial charge >= 0.3 is 0 Å². The summed E-state index contributed by atoms with van der Waals surface area (Å²) in [4.78, 5) is 54.5. The third-order valence-corrected chi connectivity index (χ3v) is 19.2. The van der Waals surface area contributed by atoms with Gasteiger partial charge < -0.3 is 53.7 Å². The number of aromatic nitrogens is 28. The molecule has 39 nitrogen and oxygen atoms in total. The Morgan fingerprint density at radius 2 is 1.29 bits per heavy atom. The van der Waals surface area contributed by atoms with Crippen LogP contribution in [0.4, 0.5) is 0 Å². The Balaban J connectivity index is 0.000000698. The zero-order valence-corrected chi connectivity index (χ0v) is 84.5. The van der Waals surface area contributed by atoms with Crippen LogP contribution < -0.4 is 15.4 Å². The standard InChI is InChI=1S/C6H7N.2C6H13N.C6H8.C5H12N2.2C5H6N2.C5H11NO.C5H6S.5C4H6N2.C4H5NO.C4H9NS.2C3H5N3.C3H4N2O.C3H4N2S.C2H4N4/c1-6-3-2-4-7-5-6;1-7-5-3-2-4-6-7;1-6-4-2-3-5-7-6;1-6-4-2-3-5-6;1-7-4-2-6-3-5-7;1-5-4-6-2-3-7-5;1-5-2-3-6-4-7-5;1-6-2-4-7-5-3-6;1-5-2-3-6-4-5;1-4-2-5-3-6-4;1-4-2-5-6-3-4;1-6-3-2-5-4-6;1-6-4-2-3-5-6;1-4-5-2-3-6-4;1-4-2-3-5-6-4;1-4-2-5-6-3-4;1-6-3-4-2-5-6;2*1-3-4-2-5-6-3;1-3-2-4-6-5-3;1-6-2-3-4-5-6/h2-5H,1H3;2-6H2,1H3;6-7H,2-5H2,1H3;2-4H,5H2,1H3;6H,2-5H2,1H3;2*2-4H,1H3;2-5H2,1H3;2-4H,1H3;2-3H,1H3,(H,5,6);3*2-4H,1H3;2-3H,1H3,(H,5,6);2-3H,1H3;4-5H,2-3H2,1H3;2-3H,1H3;2H,1H3,(H,4,5,6);3*2H,1H3. The van der Waals surface area contributed by atoms with Gasteiger partial charge in [0.25, 0.3) is 0 Å². The number of piperazine rings is 1. The number of ether oxygens (including phenoxy) is 1. The van der Waals surface area contributed by atoms with Crippen molar-refractivity contribution in [2.24, 2.45) is 50.2 Å². The summed E-state index contributed by atoms with van der Waals surface area (Å²) in [6.45, 7) is 41.7. The number of hydrogen-bond acceptors (Lipinski definition) is 35. The van der Waals surface area contributed by atoms with Crippen LogP contribution in [0.1, 0.15) is 130 Å². The molecule has 0 radical (unpaired) electrons. The molecule has 2 atom stereocenters. The Morgan fingerprint density at radius 1 is 0.526 bits per heavy atom. The summed E-state index contributed by atoms with van der Waals surface area (Å²) >= 11 is 4.81. The van der Waals surface area contributed by atoms with Crippen molar-refractivity contribution in [3.05, 3.63) is 272 Å². The normalized spacial score (nSPS) is 14.8. The van der Waals surface area contributed by atoms with E-state index in [2.05, 4.69) is 253 Å². The molecule has 6 N–H and O–H groups in total. The van der Waals surface area contributed by atoms with Crippen LogP contribution in [0.5, 0.6) is 0 Å². The number of thiophene rings is 1. The lowest BCUT2D eigenvalue weighted by Crippen LogP contribution is -2.40. The van der Waals surface area contributed by atoms with Crippen molar-refractivity contribution >= 4 is 47.4 Å². The molecule has 14 aromatic rings. The summed E-state index contributed by atoms with van der Waals surface area (Å²) in [7, 11) is 13.9. The predicted octanol–water partition coefficient (Wildman–Crippen LogP) is 13.8. The quantitative estimate of drug-likeness (QED) is 0.0768. The number of morpholine rings is 1. The molecule has 2 unspecified atom stereocenters. The summed E-state index contributed by atoms with van der Waals surface area (Å²) in [5, 5.41) is 48.8. The number of hydrogen-bond donors (Lipinski definition) is 6. The van der Waals surface area contributed by atoms with Gasteiger partial charge in [0.15, 0.2) is 6.33 Å². The molecule has 1 aliphatic carbocycles. The molecule has 0 aromatic carbocycles. The number of aromatic amines is 3. The van der Waals surface area contributed by atoms with Gasteiger partial charge in [0, 0.05) is 209 Å². The lowest BCUT2D eigenvalue weighted by Gasteiger charge is -2.21. The fraction of sp³-hybridized carbons (Fsp3) is 0.484. The van der Waals surface area contributed by atoms with E-state index in [4.69, 9.17) is 4.74 Å². The van der Waals surface area contributed by atoms with Crippen LogP contribution in [0.25, 0.3) is 0 Å². The van der Waals surface area contributed by atoms with Crippen molar-refractivity contribution in [1.82, 2.24) is 168 Å². The zero-order valence-electron chi connectivity index (χ0n) is 82.0. The van der Waals surface area contributed by atoms with Crippen LogP contribution in [-0.4, -0.2) is 277 Å². The molecule has 0 saturated carbocycles. The smallest absolute Gasteiger partial charge is 0.223 e. The number of likely N-dealkylation sites (tertiary alicyclic amines) is 1. The van der Waals surface area contributed by atoms with Crippen molar-refractivity contribution in [1.29, 1.82) is 0 Å². The van der Waals surface area contributed by atoms with Gasteiger partial charge in [-0.1, -0.05) is 78.8 Å². The van der Waals surface area contributed by atoms with E-state index in [1.54, 1.807) is 147 Å². The largest absolute Gasteiger partial charge is 0.379 e. The number of tetrazole rings is 1. The third-order valence-electron chi connectivity index (χ3n) is 16.7. The maximum atomic E-state index is 5.10. The van der Waals surface area contributed by atoms with Gasteiger partial charge in [-0.2, -0.15) is 50.6 Å². The highest BCUT2D eigenvalue weighted by atomic mass is 32.2. The molecule has 6 aliphatic heterocycles. The van der Waals surface area contributed by atoms with Gasteiger partial charge in [0.1, 0.15) is 49.0 Å². The second-order valence-electron chi connectivity index (χ2n) is 30.1. The van der Waals surface area contributed by atoms with Gasteiger partial charge in [0.05, 0.1) is 61.4 Å². The number of piperidine rings is 2. The predicted molar refractivity (Wildman–Crippen MR) is 535 cm³/mol. The Labute approximate surface area is 800 Å². The molecule has 0 spiro atoms. The third kappa shape index (κ3) is 82.9. The van der Waals surface area contributed by atoms with Crippen molar-refractivity contribution in [3.63, 3.8) is 0 Å². The number of nitrogens with zero attached hydrogens (tertiary/aromatic N) is 30. The first-order valence-electron chi connectivity index (χ1n) is 43.8. The van der Waals surface area contributed by atoms with Crippen molar-refractivity contribution in [2.75, 3.05) is 106 Å². The van der Waals surface area contributed by atoms with E-state index in [1.807, 2.05) is 143 Å². The number of rotatable bonds is 0. The maximum Gasteiger partial charge on any atom is 0.223 e. The second-order valence-corrected chi connectivity index (χ2v) is 32.3. The van der Waals surface area contributed by atoms with E-state index in [1.165, 1.54) is 155 Å². The number of aryl methyl sites for hydroxylation is 14. The Morgan fingerprint density at radius 3 is 1.50 bits per heavy atom. The van der Waals surface area contributed by atoms with Crippen LogP contribution in [0.3, 0.4) is 0 Å². The fourth-order valence-corrected chi connectivity index (χ4v) is 11.2. The molecule has 133 heavy (non-hydrogen) atoms. The van der Waals surface area contributed by atoms with Crippen molar-refractivity contribution in [2.45, 2.75) is 148 Å². The molecule has 0 bridgehead atoms.